The summed E-state index contributed by atoms with van der Waals surface area (Å²) in [5.74, 6) is -0.546. The van der Waals surface area contributed by atoms with Gasteiger partial charge in [0.25, 0.3) is 0 Å². The molecule has 3 nitrogen and oxygen atoms in total. The van der Waals surface area contributed by atoms with Gasteiger partial charge in [-0.25, -0.2) is 8.78 Å². The number of rotatable bonds is 10. The SMILES string of the molecule is Fc1ccc(-n2c3ccccc3c3cc(N(c4ccc(-c5ccccc5)cc4)c4ccc5c(c4)c4cc([Si](c6ccccc6)(c6ccccc6)c6ccccc6)ccc4n5-c4ccc(F)cc4)ccc32)cc1. The normalized spacial score (nSPS) is 11.8. The predicted molar refractivity (Wildman–Crippen MR) is 299 cm³/mol. The Hall–Kier alpha value is -9.10. The molecule has 0 saturated carbocycles. The van der Waals surface area contributed by atoms with Crippen molar-refractivity contribution in [1.29, 1.82) is 0 Å². The van der Waals surface area contributed by atoms with Crippen LogP contribution in [0.5, 0.6) is 0 Å². The summed E-state index contributed by atoms with van der Waals surface area (Å²) >= 11 is 0. The topological polar surface area (TPSA) is 13.1 Å². The molecule has 0 spiro atoms. The van der Waals surface area contributed by atoms with Crippen LogP contribution in [0.3, 0.4) is 0 Å². The second-order valence-corrected chi connectivity index (χ2v) is 22.2. The lowest BCUT2D eigenvalue weighted by Gasteiger charge is -2.34. The first-order chi connectivity index (χ1) is 35.5. The summed E-state index contributed by atoms with van der Waals surface area (Å²) in [5, 5.41) is 9.52. The van der Waals surface area contributed by atoms with E-state index in [1.54, 1.807) is 0 Å². The second-order valence-electron chi connectivity index (χ2n) is 18.4. The molecule has 0 aliphatic heterocycles. The van der Waals surface area contributed by atoms with E-state index in [4.69, 9.17) is 0 Å². The van der Waals surface area contributed by atoms with Gasteiger partial charge in [0.15, 0.2) is 8.07 Å². The number of hydrogen-bond donors (Lipinski definition) is 0. The summed E-state index contributed by atoms with van der Waals surface area (Å²) in [6.45, 7) is 0. The lowest BCUT2D eigenvalue weighted by molar-refractivity contribution is 0.627. The van der Waals surface area contributed by atoms with Gasteiger partial charge in [-0.2, -0.15) is 0 Å². The highest BCUT2D eigenvalue weighted by atomic mass is 28.3. The van der Waals surface area contributed by atoms with E-state index >= 15 is 0 Å². The van der Waals surface area contributed by atoms with Gasteiger partial charge in [0, 0.05) is 50.0 Å². The molecule has 72 heavy (non-hydrogen) atoms. The molecule has 11 aromatic carbocycles. The maximum atomic E-state index is 14.7. The average Bonchev–Trinajstić information content (AvgIpc) is 3.95. The largest absolute Gasteiger partial charge is 0.310 e. The summed E-state index contributed by atoms with van der Waals surface area (Å²) in [6.07, 6.45) is 0. The van der Waals surface area contributed by atoms with E-state index < -0.39 is 8.07 Å². The van der Waals surface area contributed by atoms with Gasteiger partial charge in [-0.15, -0.1) is 0 Å². The van der Waals surface area contributed by atoms with E-state index in [-0.39, 0.29) is 11.6 Å². The smallest absolute Gasteiger partial charge is 0.179 e. The molecule has 0 radical (unpaired) electrons. The number of para-hydroxylation sites is 1. The minimum absolute atomic E-state index is 0.269. The fraction of sp³-hybridized carbons (Fsp3) is 0. The van der Waals surface area contributed by atoms with Gasteiger partial charge in [-0.1, -0.05) is 164 Å². The Kier molecular flexibility index (Phi) is 10.6. The van der Waals surface area contributed by atoms with Crippen LogP contribution in [0.25, 0.3) is 66.1 Å². The first-order valence-corrected chi connectivity index (χ1v) is 26.3. The van der Waals surface area contributed by atoms with Crippen molar-refractivity contribution < 1.29 is 8.78 Å². The van der Waals surface area contributed by atoms with Gasteiger partial charge in [0.1, 0.15) is 11.6 Å². The molecule has 0 saturated heterocycles. The monoisotopic (exact) mass is 945 g/mol. The highest BCUT2D eigenvalue weighted by molar-refractivity contribution is 7.20. The fourth-order valence-corrected chi connectivity index (χ4v) is 15.9. The molecule has 0 amide bonds. The zero-order valence-corrected chi connectivity index (χ0v) is 40.1. The van der Waals surface area contributed by atoms with E-state index in [9.17, 15) is 8.78 Å². The molecular weight excluding hydrogens is 901 g/mol. The lowest BCUT2D eigenvalue weighted by atomic mass is 10.0. The fourth-order valence-electron chi connectivity index (χ4n) is 11.2. The summed E-state index contributed by atoms with van der Waals surface area (Å²) < 4.78 is 33.4. The standard InChI is InChI=1S/C66H45F2N3Si/c67-48-27-33-51(34-28-48)70-63-24-14-13-23-59(63)60-43-53(37-40-64(60)70)69(50-31-25-47(26-32-50)46-15-5-1-6-16-46)54-38-41-65-61(44-54)62-45-58(39-42-66(62)71(65)52-35-29-49(68)30-36-52)72(55-17-7-2-8-18-55,56-19-9-3-10-20-56)57-21-11-4-12-22-57/h1-45H. The summed E-state index contributed by atoms with van der Waals surface area (Å²) in [5.41, 5.74) is 11.1. The number of halogens is 2. The van der Waals surface area contributed by atoms with Gasteiger partial charge in [-0.05, 0) is 141 Å². The second kappa shape index (κ2) is 17.7. The minimum atomic E-state index is -2.92. The molecule has 2 heterocycles. The molecular formula is C66H45F2N3Si. The van der Waals surface area contributed by atoms with Crippen molar-refractivity contribution in [3.63, 3.8) is 0 Å². The molecule has 6 heteroatoms. The number of nitrogens with zero attached hydrogens (tertiary/aromatic N) is 3. The van der Waals surface area contributed by atoms with Crippen LogP contribution in [0.4, 0.5) is 25.8 Å². The highest BCUT2D eigenvalue weighted by Gasteiger charge is 2.41. The van der Waals surface area contributed by atoms with E-state index in [1.807, 2.05) is 30.3 Å². The van der Waals surface area contributed by atoms with Crippen molar-refractivity contribution in [2.75, 3.05) is 4.90 Å². The Bertz CT molecular complexity index is 3980. The molecule has 0 unspecified atom stereocenters. The number of hydrogen-bond acceptors (Lipinski definition) is 1. The zero-order chi connectivity index (χ0) is 48.2. The van der Waals surface area contributed by atoms with Crippen molar-refractivity contribution >= 4 is 89.5 Å². The summed E-state index contributed by atoms with van der Waals surface area (Å²) in [4.78, 5) is 2.35. The van der Waals surface area contributed by atoms with Gasteiger partial charge in [-0.3, -0.25) is 0 Å². The maximum absolute atomic E-state index is 14.7. The molecule has 0 aliphatic carbocycles. The maximum Gasteiger partial charge on any atom is 0.179 e. The number of benzene rings is 11. The van der Waals surface area contributed by atoms with Crippen LogP contribution in [0.15, 0.2) is 273 Å². The molecule has 0 bridgehead atoms. The van der Waals surface area contributed by atoms with Crippen molar-refractivity contribution in [1.82, 2.24) is 9.13 Å². The van der Waals surface area contributed by atoms with E-state index in [0.717, 1.165) is 83.2 Å². The number of aromatic nitrogens is 2. The molecule has 13 rings (SSSR count). The zero-order valence-electron chi connectivity index (χ0n) is 39.1. The van der Waals surface area contributed by atoms with E-state index in [1.165, 1.54) is 45.0 Å². The van der Waals surface area contributed by atoms with E-state index in [0.29, 0.717) is 0 Å². The quantitative estimate of drug-likeness (QED) is 0.0983. The molecule has 342 valence electrons. The van der Waals surface area contributed by atoms with Gasteiger partial charge in [0.2, 0.25) is 0 Å². The highest BCUT2D eigenvalue weighted by Crippen LogP contribution is 2.43. The Labute approximate surface area is 417 Å². The van der Waals surface area contributed by atoms with Crippen LogP contribution in [-0.4, -0.2) is 17.2 Å². The van der Waals surface area contributed by atoms with Crippen LogP contribution >= 0.6 is 0 Å². The van der Waals surface area contributed by atoms with Crippen LogP contribution in [0.2, 0.25) is 0 Å². The van der Waals surface area contributed by atoms with Crippen LogP contribution in [0, 0.1) is 11.6 Å². The predicted octanol–water partition coefficient (Wildman–Crippen LogP) is 14.7. The third-order valence-corrected chi connectivity index (χ3v) is 19.2. The average molecular weight is 946 g/mol. The van der Waals surface area contributed by atoms with Crippen LogP contribution in [-0.2, 0) is 0 Å². The minimum Gasteiger partial charge on any atom is -0.310 e. The molecule has 0 N–H and O–H groups in total. The number of anilines is 3. The molecule has 0 aliphatic rings. The molecule has 0 fully saturated rings. The molecule has 2 aromatic heterocycles. The Morgan fingerprint density at radius 3 is 1.15 bits per heavy atom. The molecule has 0 atom stereocenters. The number of fused-ring (bicyclic) bond motifs is 6. The van der Waals surface area contributed by atoms with Crippen molar-refractivity contribution in [2.24, 2.45) is 0 Å². The Morgan fingerprint density at radius 1 is 0.278 bits per heavy atom. The Morgan fingerprint density at radius 2 is 0.653 bits per heavy atom. The van der Waals surface area contributed by atoms with Crippen molar-refractivity contribution in [2.45, 2.75) is 0 Å². The van der Waals surface area contributed by atoms with E-state index in [2.05, 4.69) is 232 Å². The molecule has 13 aromatic rings. The lowest BCUT2D eigenvalue weighted by Crippen LogP contribution is -2.74. The van der Waals surface area contributed by atoms with Crippen molar-refractivity contribution in [3.05, 3.63) is 285 Å². The third-order valence-electron chi connectivity index (χ3n) is 14.4. The van der Waals surface area contributed by atoms with Crippen molar-refractivity contribution in [3.8, 4) is 22.5 Å². The third kappa shape index (κ3) is 7.14. The summed E-state index contributed by atoms with van der Waals surface area (Å²) in [6, 6.07) is 94.7. The first-order valence-electron chi connectivity index (χ1n) is 24.3. The first kappa shape index (κ1) is 43.0. The summed E-state index contributed by atoms with van der Waals surface area (Å²) in [7, 11) is -2.92. The van der Waals surface area contributed by atoms with Crippen LogP contribution in [0.1, 0.15) is 0 Å². The van der Waals surface area contributed by atoms with Gasteiger partial charge < -0.3 is 14.0 Å². The van der Waals surface area contributed by atoms with Gasteiger partial charge in [0.05, 0.1) is 22.1 Å². The Balaban J connectivity index is 1.07. The van der Waals surface area contributed by atoms with Crippen LogP contribution < -0.4 is 25.6 Å². The van der Waals surface area contributed by atoms with Gasteiger partial charge >= 0.3 is 0 Å².